The lowest BCUT2D eigenvalue weighted by atomic mass is 9.85. The lowest BCUT2D eigenvalue weighted by molar-refractivity contribution is -0.387. The van der Waals surface area contributed by atoms with E-state index in [0.29, 0.717) is 10.5 Å². The molecule has 0 bridgehead atoms. The van der Waals surface area contributed by atoms with Crippen molar-refractivity contribution in [3.63, 3.8) is 0 Å². The highest BCUT2D eigenvalue weighted by atomic mass is 32.2. The normalized spacial score (nSPS) is 12.7. The Balaban J connectivity index is 2.31. The van der Waals surface area contributed by atoms with Crippen LogP contribution in [0.25, 0.3) is 0 Å². The molecule has 0 saturated carbocycles. The van der Waals surface area contributed by atoms with Crippen LogP contribution in [0.2, 0.25) is 0 Å². The minimum absolute atomic E-state index is 0.0430. The zero-order valence-corrected chi connectivity index (χ0v) is 15.7. The number of amides is 1. The summed E-state index contributed by atoms with van der Waals surface area (Å²) in [5.74, 6) is -0.306. The zero-order valence-electron chi connectivity index (χ0n) is 14.0. The molecule has 128 valence electrons. The Labute approximate surface area is 149 Å². The molecule has 0 aliphatic heterocycles. The first-order chi connectivity index (χ1) is 11.2. The van der Waals surface area contributed by atoms with Crippen molar-refractivity contribution in [1.82, 2.24) is 5.32 Å². The van der Waals surface area contributed by atoms with E-state index in [1.54, 1.807) is 29.7 Å². The Morgan fingerprint density at radius 1 is 1.33 bits per heavy atom. The molecule has 1 N–H and O–H groups in total. The molecule has 0 saturated heterocycles. The van der Waals surface area contributed by atoms with Gasteiger partial charge < -0.3 is 5.32 Å². The molecule has 1 aromatic carbocycles. The minimum atomic E-state index is -0.455. The van der Waals surface area contributed by atoms with E-state index in [-0.39, 0.29) is 23.1 Å². The van der Waals surface area contributed by atoms with E-state index >= 15 is 0 Å². The van der Waals surface area contributed by atoms with Crippen molar-refractivity contribution in [2.45, 2.75) is 31.7 Å². The molecule has 1 atom stereocenters. The van der Waals surface area contributed by atoms with Crippen molar-refractivity contribution in [3.05, 3.63) is 56.3 Å². The molecule has 2 aromatic rings. The van der Waals surface area contributed by atoms with Crippen LogP contribution in [0.15, 0.2) is 40.6 Å². The van der Waals surface area contributed by atoms with Gasteiger partial charge in [-0.15, -0.1) is 23.1 Å². The van der Waals surface area contributed by atoms with Crippen LogP contribution in [0.1, 0.15) is 42.0 Å². The number of carbonyl (C=O) groups is 1. The van der Waals surface area contributed by atoms with Gasteiger partial charge in [-0.2, -0.15) is 0 Å². The fourth-order valence-electron chi connectivity index (χ4n) is 2.36. The summed E-state index contributed by atoms with van der Waals surface area (Å²) in [6, 6.07) is 8.36. The first kappa shape index (κ1) is 18.5. The van der Waals surface area contributed by atoms with Crippen LogP contribution >= 0.6 is 23.1 Å². The van der Waals surface area contributed by atoms with Gasteiger partial charge in [0, 0.05) is 16.5 Å². The molecule has 1 unspecified atom stereocenters. The number of hydrogen-bond acceptors (Lipinski definition) is 5. The zero-order chi connectivity index (χ0) is 17.9. The van der Waals surface area contributed by atoms with E-state index in [9.17, 15) is 14.9 Å². The highest BCUT2D eigenvalue weighted by Gasteiger charge is 2.29. The molecule has 0 aliphatic rings. The molecule has 0 spiro atoms. The Bertz CT molecular complexity index is 737. The summed E-state index contributed by atoms with van der Waals surface area (Å²) in [6.45, 7) is 6.16. The van der Waals surface area contributed by atoms with Gasteiger partial charge in [0.15, 0.2) is 0 Å². The number of nitro groups is 1. The maximum absolute atomic E-state index is 12.6. The SMILES string of the molecule is CSc1ccc(C(=O)NC(c2cccs2)C(C)(C)C)cc1[N+](=O)[O-]. The standard InChI is InChI=1S/C17H20N2O3S2/c1-17(2,3)15(14-6-5-9-24-14)18-16(20)11-7-8-13(23-4)12(10-11)19(21)22/h5-10,15H,1-4H3,(H,18,20). The van der Waals surface area contributed by atoms with Gasteiger partial charge in [0.25, 0.3) is 11.6 Å². The van der Waals surface area contributed by atoms with E-state index in [2.05, 4.69) is 26.1 Å². The second-order valence-electron chi connectivity index (χ2n) is 6.43. The highest BCUT2D eigenvalue weighted by Crippen LogP contribution is 2.35. The van der Waals surface area contributed by atoms with E-state index in [4.69, 9.17) is 0 Å². The molecule has 5 nitrogen and oxygen atoms in total. The number of hydrogen-bond donors (Lipinski definition) is 1. The molecule has 1 amide bonds. The molecule has 0 radical (unpaired) electrons. The predicted molar refractivity (Wildman–Crippen MR) is 98.9 cm³/mol. The first-order valence-corrected chi connectivity index (χ1v) is 9.51. The van der Waals surface area contributed by atoms with Crippen molar-refractivity contribution in [3.8, 4) is 0 Å². The number of carbonyl (C=O) groups excluding carboxylic acids is 1. The van der Waals surface area contributed by atoms with E-state index in [0.717, 1.165) is 4.88 Å². The van der Waals surface area contributed by atoms with Gasteiger partial charge in [-0.05, 0) is 35.2 Å². The van der Waals surface area contributed by atoms with Gasteiger partial charge in [0.05, 0.1) is 15.9 Å². The average Bonchev–Trinajstić information content (AvgIpc) is 3.04. The van der Waals surface area contributed by atoms with Crippen LogP contribution in [-0.2, 0) is 0 Å². The lowest BCUT2D eigenvalue weighted by Gasteiger charge is -2.30. The monoisotopic (exact) mass is 364 g/mol. The fourth-order valence-corrected chi connectivity index (χ4v) is 3.92. The summed E-state index contributed by atoms with van der Waals surface area (Å²) in [5.41, 5.74) is 0.0787. The van der Waals surface area contributed by atoms with E-state index < -0.39 is 4.92 Å². The summed E-state index contributed by atoms with van der Waals surface area (Å²) in [4.78, 5) is 25.0. The van der Waals surface area contributed by atoms with Crippen molar-refractivity contribution in [1.29, 1.82) is 0 Å². The number of thiophene rings is 1. The molecule has 7 heteroatoms. The smallest absolute Gasteiger partial charge is 0.283 e. The number of nitro benzene ring substituents is 1. The highest BCUT2D eigenvalue weighted by molar-refractivity contribution is 7.98. The van der Waals surface area contributed by atoms with Gasteiger partial charge in [0.2, 0.25) is 0 Å². The van der Waals surface area contributed by atoms with Gasteiger partial charge in [-0.3, -0.25) is 14.9 Å². The van der Waals surface area contributed by atoms with Crippen LogP contribution in [0.3, 0.4) is 0 Å². The Kier molecular flexibility index (Phi) is 5.66. The third-order valence-corrected chi connectivity index (χ3v) is 5.33. The van der Waals surface area contributed by atoms with Gasteiger partial charge in [-0.1, -0.05) is 26.8 Å². The average molecular weight is 364 g/mol. The fraction of sp³-hybridized carbons (Fsp3) is 0.353. The Morgan fingerprint density at radius 2 is 2.04 bits per heavy atom. The number of benzene rings is 1. The molecule has 1 aromatic heterocycles. The van der Waals surface area contributed by atoms with E-state index in [1.807, 2.05) is 17.5 Å². The maximum Gasteiger partial charge on any atom is 0.283 e. The molecule has 2 rings (SSSR count). The Morgan fingerprint density at radius 3 is 2.54 bits per heavy atom. The third-order valence-electron chi connectivity index (χ3n) is 3.61. The van der Waals surface area contributed by atoms with Crippen LogP contribution in [-0.4, -0.2) is 17.1 Å². The van der Waals surface area contributed by atoms with Crippen molar-refractivity contribution in [2.75, 3.05) is 6.26 Å². The summed E-state index contributed by atoms with van der Waals surface area (Å²) in [7, 11) is 0. The number of nitrogens with zero attached hydrogens (tertiary/aromatic N) is 1. The summed E-state index contributed by atoms with van der Waals surface area (Å²) >= 11 is 2.87. The molecule has 0 aliphatic carbocycles. The van der Waals surface area contributed by atoms with Gasteiger partial charge >= 0.3 is 0 Å². The molecular formula is C17H20N2O3S2. The summed E-state index contributed by atoms with van der Waals surface area (Å²) < 4.78 is 0. The number of nitrogens with one attached hydrogen (secondary N) is 1. The van der Waals surface area contributed by atoms with Crippen molar-refractivity contribution in [2.24, 2.45) is 5.41 Å². The van der Waals surface area contributed by atoms with Crippen LogP contribution in [0.4, 0.5) is 5.69 Å². The minimum Gasteiger partial charge on any atom is -0.344 e. The van der Waals surface area contributed by atoms with Crippen LogP contribution < -0.4 is 5.32 Å². The largest absolute Gasteiger partial charge is 0.344 e. The van der Waals surface area contributed by atoms with Crippen molar-refractivity contribution < 1.29 is 9.72 Å². The van der Waals surface area contributed by atoms with Crippen molar-refractivity contribution >= 4 is 34.7 Å². The summed E-state index contributed by atoms with van der Waals surface area (Å²) in [6.07, 6.45) is 1.77. The second kappa shape index (κ2) is 7.36. The number of thioether (sulfide) groups is 1. The van der Waals surface area contributed by atoms with Gasteiger partial charge in [-0.25, -0.2) is 0 Å². The van der Waals surface area contributed by atoms with E-state index in [1.165, 1.54) is 17.8 Å². The summed E-state index contributed by atoms with van der Waals surface area (Å²) in [5, 5.41) is 16.2. The quantitative estimate of drug-likeness (QED) is 0.465. The maximum atomic E-state index is 12.6. The lowest BCUT2D eigenvalue weighted by Crippen LogP contribution is -2.36. The predicted octanol–water partition coefficient (Wildman–Crippen LogP) is 4.90. The first-order valence-electron chi connectivity index (χ1n) is 7.40. The van der Waals surface area contributed by atoms with Crippen LogP contribution in [0, 0.1) is 15.5 Å². The molecule has 0 fully saturated rings. The third kappa shape index (κ3) is 4.15. The Hall–Kier alpha value is -1.86. The second-order valence-corrected chi connectivity index (χ2v) is 8.26. The topological polar surface area (TPSA) is 72.2 Å². The molecule has 1 heterocycles. The van der Waals surface area contributed by atoms with Gasteiger partial charge in [0.1, 0.15) is 0 Å². The molecule has 24 heavy (non-hydrogen) atoms. The molecular weight excluding hydrogens is 344 g/mol. The van der Waals surface area contributed by atoms with Crippen LogP contribution in [0.5, 0.6) is 0 Å². The number of rotatable bonds is 5.